The first-order chi connectivity index (χ1) is 12.8. The summed E-state index contributed by atoms with van der Waals surface area (Å²) in [5.41, 5.74) is 3.82. The van der Waals surface area contributed by atoms with Crippen LogP contribution < -0.4 is 9.64 Å². The molecule has 0 spiro atoms. The van der Waals surface area contributed by atoms with Gasteiger partial charge in [-0.1, -0.05) is 0 Å². The van der Waals surface area contributed by atoms with Crippen molar-refractivity contribution in [1.29, 1.82) is 0 Å². The number of rotatable bonds is 2. The molecule has 0 radical (unpaired) electrons. The molecule has 1 fully saturated rings. The fourth-order valence-corrected chi connectivity index (χ4v) is 3.40. The molecule has 0 unspecified atom stereocenters. The van der Waals surface area contributed by atoms with E-state index in [4.69, 9.17) is 9.47 Å². The van der Waals surface area contributed by atoms with E-state index in [1.54, 1.807) is 23.0 Å². The number of hydrogen-bond acceptors (Lipinski definition) is 5. The minimum Gasteiger partial charge on any atom is -0.472 e. The van der Waals surface area contributed by atoms with Gasteiger partial charge in [-0.15, -0.1) is 0 Å². The number of nitrogens with zero attached hydrogens (tertiary/aromatic N) is 4. The summed E-state index contributed by atoms with van der Waals surface area (Å²) in [5, 5.41) is 4.59. The van der Waals surface area contributed by atoms with Gasteiger partial charge in [0, 0.05) is 36.7 Å². The minimum atomic E-state index is -0.304. The highest BCUT2D eigenvalue weighted by Crippen LogP contribution is 2.35. The van der Waals surface area contributed by atoms with Crippen LogP contribution in [0, 0.1) is 5.82 Å². The molecule has 2 aliphatic heterocycles. The van der Waals surface area contributed by atoms with Gasteiger partial charge in [-0.3, -0.25) is 0 Å². The third-order valence-electron chi connectivity index (χ3n) is 4.74. The van der Waals surface area contributed by atoms with E-state index in [0.717, 1.165) is 35.6 Å². The van der Waals surface area contributed by atoms with Crippen molar-refractivity contribution in [2.24, 2.45) is 0 Å². The highest BCUT2D eigenvalue weighted by atomic mass is 19.1. The highest BCUT2D eigenvalue weighted by Gasteiger charge is 2.23. The Balaban J connectivity index is 1.51. The van der Waals surface area contributed by atoms with Gasteiger partial charge < -0.3 is 14.4 Å². The number of benzene rings is 1. The Morgan fingerprint density at radius 2 is 2.00 bits per heavy atom. The quantitative estimate of drug-likeness (QED) is 0.710. The van der Waals surface area contributed by atoms with E-state index in [1.807, 2.05) is 24.4 Å². The van der Waals surface area contributed by atoms with Crippen LogP contribution in [0.1, 0.15) is 5.56 Å². The van der Waals surface area contributed by atoms with E-state index in [1.165, 1.54) is 0 Å². The average molecular weight is 352 g/mol. The number of aromatic nitrogens is 3. The summed E-state index contributed by atoms with van der Waals surface area (Å²) in [4.78, 5) is 6.34. The maximum Gasteiger partial charge on any atom is 0.223 e. The number of hydrogen-bond donors (Lipinski definition) is 0. The predicted octanol–water partition coefficient (Wildman–Crippen LogP) is 2.80. The van der Waals surface area contributed by atoms with Crippen molar-refractivity contribution in [3.05, 3.63) is 54.1 Å². The first kappa shape index (κ1) is 15.3. The molecular formula is C19H17FN4O2. The Morgan fingerprint density at radius 3 is 2.85 bits per heavy atom. The number of ether oxygens (including phenoxy) is 2. The molecule has 0 saturated carbocycles. The van der Waals surface area contributed by atoms with Gasteiger partial charge in [-0.05, 0) is 30.3 Å². The molecule has 6 nitrogen and oxygen atoms in total. The molecule has 26 heavy (non-hydrogen) atoms. The maximum atomic E-state index is 14.8. The first-order valence-corrected chi connectivity index (χ1v) is 8.59. The topological polar surface area (TPSA) is 52.4 Å². The van der Waals surface area contributed by atoms with E-state index >= 15 is 0 Å². The Labute approximate surface area is 149 Å². The number of pyridine rings is 1. The van der Waals surface area contributed by atoms with Crippen molar-refractivity contribution in [2.45, 2.75) is 6.61 Å². The normalized spacial score (nSPS) is 16.0. The van der Waals surface area contributed by atoms with Crippen LogP contribution in [0.4, 0.5) is 10.1 Å². The van der Waals surface area contributed by atoms with Gasteiger partial charge in [0.1, 0.15) is 18.0 Å². The highest BCUT2D eigenvalue weighted by molar-refractivity contribution is 5.69. The van der Waals surface area contributed by atoms with Crippen molar-refractivity contribution < 1.29 is 13.9 Å². The SMILES string of the molecule is Fc1cc(N2CCOCC2)ccc1-n1cc2c(n1)-c1cccnc1OC2. The molecule has 0 aliphatic carbocycles. The lowest BCUT2D eigenvalue weighted by molar-refractivity contribution is 0.122. The molecular weight excluding hydrogens is 335 g/mol. The Bertz CT molecular complexity index is 966. The zero-order valence-electron chi connectivity index (χ0n) is 14.1. The second kappa shape index (κ2) is 6.10. The van der Waals surface area contributed by atoms with E-state index in [0.29, 0.717) is 31.4 Å². The molecule has 1 saturated heterocycles. The van der Waals surface area contributed by atoms with Crippen LogP contribution in [-0.4, -0.2) is 41.1 Å². The fraction of sp³-hybridized carbons (Fsp3) is 0.263. The second-order valence-electron chi connectivity index (χ2n) is 6.33. The minimum absolute atomic E-state index is 0.304. The van der Waals surface area contributed by atoms with E-state index in [-0.39, 0.29) is 5.82 Å². The van der Waals surface area contributed by atoms with Crippen LogP contribution in [0.3, 0.4) is 0 Å². The Kier molecular flexibility index (Phi) is 3.60. The summed E-state index contributed by atoms with van der Waals surface area (Å²) in [6.07, 6.45) is 3.50. The van der Waals surface area contributed by atoms with Crippen LogP contribution in [0.5, 0.6) is 5.88 Å². The monoisotopic (exact) mass is 352 g/mol. The third kappa shape index (κ3) is 2.52. The zero-order valence-corrected chi connectivity index (χ0v) is 14.1. The van der Waals surface area contributed by atoms with E-state index < -0.39 is 0 Å². The molecule has 132 valence electrons. The van der Waals surface area contributed by atoms with Crippen molar-refractivity contribution in [3.63, 3.8) is 0 Å². The molecule has 0 bridgehead atoms. The van der Waals surface area contributed by atoms with Crippen LogP contribution in [0.25, 0.3) is 16.9 Å². The molecule has 5 rings (SSSR count). The molecule has 1 aromatic carbocycles. The van der Waals surface area contributed by atoms with Gasteiger partial charge in [-0.2, -0.15) is 5.10 Å². The predicted molar refractivity (Wildman–Crippen MR) is 94.1 cm³/mol. The number of anilines is 1. The Morgan fingerprint density at radius 1 is 1.12 bits per heavy atom. The van der Waals surface area contributed by atoms with Crippen molar-refractivity contribution in [1.82, 2.24) is 14.8 Å². The number of fused-ring (bicyclic) bond motifs is 3. The van der Waals surface area contributed by atoms with Crippen LogP contribution in [0.15, 0.2) is 42.7 Å². The number of halogens is 1. The van der Waals surface area contributed by atoms with Crippen molar-refractivity contribution in [2.75, 3.05) is 31.2 Å². The standard InChI is InChI=1S/C19H17FN4O2/c20-16-10-14(23-6-8-25-9-7-23)3-4-17(16)24-11-13-12-26-19-15(18(13)22-24)2-1-5-21-19/h1-5,10-11H,6-9,12H2. The summed E-state index contributed by atoms with van der Waals surface area (Å²) in [5.74, 6) is 0.259. The summed E-state index contributed by atoms with van der Waals surface area (Å²) in [7, 11) is 0. The lowest BCUT2D eigenvalue weighted by Gasteiger charge is -2.29. The average Bonchev–Trinajstić information content (AvgIpc) is 3.13. The summed E-state index contributed by atoms with van der Waals surface area (Å²) < 4.78 is 27.4. The lowest BCUT2D eigenvalue weighted by Crippen LogP contribution is -2.36. The lowest BCUT2D eigenvalue weighted by atomic mass is 10.1. The van der Waals surface area contributed by atoms with Gasteiger partial charge >= 0.3 is 0 Å². The summed E-state index contributed by atoms with van der Waals surface area (Å²) >= 11 is 0. The van der Waals surface area contributed by atoms with Crippen molar-refractivity contribution >= 4 is 5.69 Å². The fourth-order valence-electron chi connectivity index (χ4n) is 3.40. The van der Waals surface area contributed by atoms with Gasteiger partial charge in [0.25, 0.3) is 0 Å². The maximum absolute atomic E-state index is 14.8. The zero-order chi connectivity index (χ0) is 17.5. The first-order valence-electron chi connectivity index (χ1n) is 8.59. The van der Waals surface area contributed by atoms with Crippen LogP contribution in [-0.2, 0) is 11.3 Å². The van der Waals surface area contributed by atoms with Gasteiger partial charge in [0.15, 0.2) is 5.82 Å². The second-order valence-corrected chi connectivity index (χ2v) is 6.33. The van der Waals surface area contributed by atoms with Crippen LogP contribution >= 0.6 is 0 Å². The molecule has 3 aromatic rings. The van der Waals surface area contributed by atoms with Crippen molar-refractivity contribution in [3.8, 4) is 22.8 Å². The largest absolute Gasteiger partial charge is 0.472 e. The third-order valence-corrected chi connectivity index (χ3v) is 4.74. The van der Waals surface area contributed by atoms with Gasteiger partial charge in [0.2, 0.25) is 5.88 Å². The van der Waals surface area contributed by atoms with Crippen LogP contribution in [0.2, 0.25) is 0 Å². The Hall–Kier alpha value is -2.93. The molecule has 0 N–H and O–H groups in total. The molecule has 0 amide bonds. The molecule has 4 heterocycles. The van der Waals surface area contributed by atoms with Gasteiger partial charge in [-0.25, -0.2) is 14.1 Å². The smallest absolute Gasteiger partial charge is 0.223 e. The molecule has 0 atom stereocenters. The summed E-state index contributed by atoms with van der Waals surface area (Å²) in [6, 6.07) is 9.01. The molecule has 2 aliphatic rings. The number of morpholine rings is 1. The molecule has 2 aromatic heterocycles. The van der Waals surface area contributed by atoms with E-state index in [9.17, 15) is 4.39 Å². The molecule has 7 heteroatoms. The van der Waals surface area contributed by atoms with Gasteiger partial charge in [0.05, 0.1) is 18.8 Å². The van der Waals surface area contributed by atoms with E-state index in [2.05, 4.69) is 15.0 Å². The summed E-state index contributed by atoms with van der Waals surface area (Å²) in [6.45, 7) is 3.27.